The summed E-state index contributed by atoms with van der Waals surface area (Å²) in [6.07, 6.45) is 4.34. The first kappa shape index (κ1) is 30.1. The summed E-state index contributed by atoms with van der Waals surface area (Å²) in [7, 11) is 0. The molecule has 1 aliphatic carbocycles. The second kappa shape index (κ2) is 13.5. The number of aromatic carboxylic acids is 1. The summed E-state index contributed by atoms with van der Waals surface area (Å²) in [5.41, 5.74) is 4.34. The molecular formula is C29H33Cl3N2O4. The Hall–Kier alpha value is -2.48. The average Bonchev–Trinajstić information content (AvgIpc) is 3.42. The highest BCUT2D eigenvalue weighted by Gasteiger charge is 2.22. The highest BCUT2D eigenvalue weighted by molar-refractivity contribution is 6.30. The van der Waals surface area contributed by atoms with E-state index in [1.807, 2.05) is 36.4 Å². The molecule has 0 saturated carbocycles. The maximum atomic E-state index is 11.9. The summed E-state index contributed by atoms with van der Waals surface area (Å²) in [6.45, 7) is 2.23. The highest BCUT2D eigenvalue weighted by Crippen LogP contribution is 2.33. The lowest BCUT2D eigenvalue weighted by Gasteiger charge is -2.27. The third-order valence-electron chi connectivity index (χ3n) is 7.12. The van der Waals surface area contributed by atoms with E-state index in [1.54, 1.807) is 18.2 Å². The van der Waals surface area contributed by atoms with Crippen LogP contribution in [0.3, 0.4) is 0 Å². The lowest BCUT2D eigenvalue weighted by Crippen LogP contribution is -2.37. The van der Waals surface area contributed by atoms with Crippen molar-refractivity contribution in [2.75, 3.05) is 24.5 Å². The molecule has 0 aromatic heterocycles. The van der Waals surface area contributed by atoms with E-state index < -0.39 is 12.1 Å². The minimum absolute atomic E-state index is 0. The molecule has 0 bridgehead atoms. The van der Waals surface area contributed by atoms with Crippen LogP contribution in [0.25, 0.3) is 0 Å². The molecule has 1 saturated heterocycles. The van der Waals surface area contributed by atoms with Gasteiger partial charge in [0, 0.05) is 30.7 Å². The zero-order valence-electron chi connectivity index (χ0n) is 20.9. The smallest absolute Gasteiger partial charge is 0.337 e. The number of nitrogens with one attached hydrogen (secondary N) is 1. The molecule has 1 fully saturated rings. The van der Waals surface area contributed by atoms with E-state index >= 15 is 0 Å². The molecule has 2 atom stereocenters. The maximum Gasteiger partial charge on any atom is 0.337 e. The number of hydrogen-bond acceptors (Lipinski definition) is 5. The Labute approximate surface area is 240 Å². The first-order chi connectivity index (χ1) is 17.5. The predicted octanol–water partition coefficient (Wildman–Crippen LogP) is 6.45. The summed E-state index contributed by atoms with van der Waals surface area (Å²) in [5.74, 6) is 0.269. The van der Waals surface area contributed by atoms with Gasteiger partial charge in [0.1, 0.15) is 11.5 Å². The van der Waals surface area contributed by atoms with Crippen LogP contribution >= 0.6 is 36.4 Å². The predicted molar refractivity (Wildman–Crippen MR) is 156 cm³/mol. The first-order valence-electron chi connectivity index (χ1n) is 12.5. The summed E-state index contributed by atoms with van der Waals surface area (Å²) in [4.78, 5) is 14.0. The second-order valence-corrected chi connectivity index (χ2v) is 10.1. The largest absolute Gasteiger partial charge is 0.478 e. The number of carboxylic acids is 1. The van der Waals surface area contributed by atoms with Gasteiger partial charge in [0.15, 0.2) is 0 Å². The lowest BCUT2D eigenvalue weighted by atomic mass is 9.88. The van der Waals surface area contributed by atoms with Crippen molar-refractivity contribution in [2.45, 2.75) is 44.2 Å². The zero-order valence-corrected chi connectivity index (χ0v) is 23.3. The monoisotopic (exact) mass is 578 g/mol. The van der Waals surface area contributed by atoms with Crippen molar-refractivity contribution in [1.29, 1.82) is 0 Å². The number of carbonyl (C=O) groups is 1. The Morgan fingerprint density at radius 3 is 2.50 bits per heavy atom. The molecule has 0 amide bonds. The standard InChI is InChI=1S/C29H31ClN2O4.2ClH/c30-22-5-3-4-20(14-22)28(33)18-31-23-8-6-19-7-9-24(16-21(19)15-23)36-25-10-11-27(26(17-25)29(34)35)32-12-1-2-13-32;;/h3-5,7,9-11,14,16-17,23,28,31,33H,1-2,6,8,12-13,15,18H2,(H,34,35);2*1H/t23-,28-;;/m0../s1. The van der Waals surface area contributed by atoms with Crippen LogP contribution in [0.4, 0.5) is 5.69 Å². The number of hydrogen-bond donors (Lipinski definition) is 3. The van der Waals surface area contributed by atoms with Gasteiger partial charge in [0.25, 0.3) is 0 Å². The number of nitrogens with zero attached hydrogens (tertiary/aromatic N) is 1. The van der Waals surface area contributed by atoms with Gasteiger partial charge in [-0.2, -0.15) is 0 Å². The quantitative estimate of drug-likeness (QED) is 0.284. The van der Waals surface area contributed by atoms with Crippen molar-refractivity contribution in [3.8, 4) is 11.5 Å². The van der Waals surface area contributed by atoms with Crippen molar-refractivity contribution >= 4 is 48.1 Å². The van der Waals surface area contributed by atoms with Crippen molar-refractivity contribution in [2.24, 2.45) is 0 Å². The number of aliphatic hydroxyl groups excluding tert-OH is 1. The lowest BCUT2D eigenvalue weighted by molar-refractivity contribution is 0.0697. The fourth-order valence-electron chi connectivity index (χ4n) is 5.20. The Morgan fingerprint density at radius 2 is 1.76 bits per heavy atom. The molecule has 0 unspecified atom stereocenters. The van der Waals surface area contributed by atoms with Crippen LogP contribution in [0.5, 0.6) is 11.5 Å². The van der Waals surface area contributed by atoms with Crippen LogP contribution in [0.15, 0.2) is 60.7 Å². The Balaban J connectivity index is 0.00000200. The number of aryl methyl sites for hydroxylation is 1. The molecule has 3 aromatic carbocycles. The number of carboxylic acid groups (broad SMARTS) is 1. The van der Waals surface area contributed by atoms with Crippen LogP contribution in [0.2, 0.25) is 5.02 Å². The van der Waals surface area contributed by atoms with E-state index in [2.05, 4.69) is 16.3 Å². The summed E-state index contributed by atoms with van der Waals surface area (Å²) in [6, 6.07) is 19.0. The van der Waals surface area contributed by atoms with E-state index in [0.29, 0.717) is 23.1 Å². The number of ether oxygens (including phenoxy) is 1. The molecule has 1 heterocycles. The molecule has 38 heavy (non-hydrogen) atoms. The minimum atomic E-state index is -0.943. The normalized spacial score (nSPS) is 17.1. The van der Waals surface area contributed by atoms with Crippen molar-refractivity contribution in [3.05, 3.63) is 87.9 Å². The fraction of sp³-hybridized carbons (Fsp3) is 0.345. The summed E-state index contributed by atoms with van der Waals surface area (Å²) in [5, 5.41) is 24.4. The van der Waals surface area contributed by atoms with Crippen LogP contribution < -0.4 is 15.0 Å². The van der Waals surface area contributed by atoms with E-state index in [-0.39, 0.29) is 36.4 Å². The van der Waals surface area contributed by atoms with Crippen molar-refractivity contribution in [3.63, 3.8) is 0 Å². The number of aliphatic hydroxyl groups is 1. The topological polar surface area (TPSA) is 82.0 Å². The van der Waals surface area contributed by atoms with Crippen LogP contribution in [0.1, 0.15) is 52.4 Å². The molecule has 9 heteroatoms. The molecule has 3 aromatic rings. The third-order valence-corrected chi connectivity index (χ3v) is 7.36. The average molecular weight is 580 g/mol. The molecule has 3 N–H and O–H groups in total. The van der Waals surface area contributed by atoms with Gasteiger partial charge in [0.05, 0.1) is 17.4 Å². The van der Waals surface area contributed by atoms with E-state index in [9.17, 15) is 15.0 Å². The van der Waals surface area contributed by atoms with Crippen molar-refractivity contribution in [1.82, 2.24) is 5.32 Å². The number of fused-ring (bicyclic) bond motifs is 1. The number of halogens is 3. The van der Waals surface area contributed by atoms with Gasteiger partial charge in [-0.25, -0.2) is 4.79 Å². The molecule has 2 aliphatic rings. The van der Waals surface area contributed by atoms with Gasteiger partial charge >= 0.3 is 5.97 Å². The molecule has 1 aliphatic heterocycles. The molecule has 6 nitrogen and oxygen atoms in total. The highest BCUT2D eigenvalue weighted by atomic mass is 35.5. The number of rotatable bonds is 8. The van der Waals surface area contributed by atoms with Crippen LogP contribution in [-0.2, 0) is 12.8 Å². The van der Waals surface area contributed by atoms with E-state index in [0.717, 1.165) is 56.4 Å². The minimum Gasteiger partial charge on any atom is -0.478 e. The Kier molecular flexibility index (Phi) is 10.7. The zero-order chi connectivity index (χ0) is 25.1. The molecule has 0 spiro atoms. The van der Waals surface area contributed by atoms with E-state index in [1.165, 1.54) is 11.1 Å². The second-order valence-electron chi connectivity index (χ2n) is 9.63. The maximum absolute atomic E-state index is 11.9. The van der Waals surface area contributed by atoms with Crippen LogP contribution in [0, 0.1) is 0 Å². The first-order valence-corrected chi connectivity index (χ1v) is 12.9. The van der Waals surface area contributed by atoms with Gasteiger partial charge in [-0.05, 0) is 91.3 Å². The van der Waals surface area contributed by atoms with Gasteiger partial charge in [0.2, 0.25) is 0 Å². The van der Waals surface area contributed by atoms with Gasteiger partial charge in [-0.3, -0.25) is 0 Å². The SMILES string of the molecule is Cl.Cl.O=C(O)c1cc(Oc2ccc3c(c2)C[C@@H](NC[C@H](O)c2cccc(Cl)c2)CC3)ccc1N1CCCC1. The number of benzene rings is 3. The number of anilines is 1. The fourth-order valence-corrected chi connectivity index (χ4v) is 5.40. The molecule has 5 rings (SSSR count). The van der Waals surface area contributed by atoms with Crippen molar-refractivity contribution < 1.29 is 19.7 Å². The van der Waals surface area contributed by atoms with Gasteiger partial charge in [-0.15, -0.1) is 24.8 Å². The van der Waals surface area contributed by atoms with Crippen LogP contribution in [-0.4, -0.2) is 41.9 Å². The van der Waals surface area contributed by atoms with E-state index in [4.69, 9.17) is 16.3 Å². The molecule has 204 valence electrons. The summed E-state index contributed by atoms with van der Waals surface area (Å²) >= 11 is 6.05. The third kappa shape index (κ3) is 7.13. The Bertz CT molecular complexity index is 1250. The molecule has 0 radical (unpaired) electrons. The molecular weight excluding hydrogens is 547 g/mol. The van der Waals surface area contributed by atoms with Gasteiger partial charge < -0.3 is 25.2 Å². The van der Waals surface area contributed by atoms with Gasteiger partial charge in [-0.1, -0.05) is 29.8 Å². The summed E-state index contributed by atoms with van der Waals surface area (Å²) < 4.78 is 6.10. The Morgan fingerprint density at radius 1 is 1.03 bits per heavy atom.